The van der Waals surface area contributed by atoms with Crippen LogP contribution < -0.4 is 10.1 Å². The van der Waals surface area contributed by atoms with Gasteiger partial charge in [-0.1, -0.05) is 37.3 Å². The number of nitrogens with one attached hydrogen (secondary N) is 2. The number of imidazole rings is 1. The number of amides is 1. The number of methoxy groups -OCH3 is 1. The van der Waals surface area contributed by atoms with E-state index in [1.807, 2.05) is 0 Å². The Balaban J connectivity index is 1.55. The Morgan fingerprint density at radius 2 is 1.89 bits per heavy atom. The van der Waals surface area contributed by atoms with Crippen LogP contribution in [0.5, 0.6) is 5.75 Å². The number of benzene rings is 1. The monoisotopic (exact) mass is 498 g/mol. The molecule has 0 radical (unpaired) electrons. The molecule has 2 N–H and O–H groups in total. The Bertz CT molecular complexity index is 1190. The first-order valence-corrected chi connectivity index (χ1v) is 13.1. The molecule has 1 unspecified atom stereocenters. The highest BCUT2D eigenvalue weighted by Gasteiger charge is 2.31. The lowest BCUT2D eigenvalue weighted by Crippen LogP contribution is -2.35. The lowest BCUT2D eigenvalue weighted by atomic mass is 9.85. The summed E-state index contributed by atoms with van der Waals surface area (Å²) in [5.74, 6) is 0.770. The summed E-state index contributed by atoms with van der Waals surface area (Å²) in [4.78, 5) is 21.3. The zero-order valence-electron chi connectivity index (χ0n) is 21.1. The molecule has 1 saturated heterocycles. The second-order valence-corrected chi connectivity index (χ2v) is 10.1. The number of halogens is 1. The average molecular weight is 499 g/mol. The number of aryl methyl sites for hydroxylation is 1. The third-order valence-corrected chi connectivity index (χ3v) is 7.79. The quantitative estimate of drug-likeness (QED) is 0.450. The molecule has 0 bridgehead atoms. The summed E-state index contributed by atoms with van der Waals surface area (Å²) in [6.45, 7) is 2.98. The number of hydrogen-bond acceptors (Lipinski definition) is 6. The van der Waals surface area contributed by atoms with Gasteiger partial charge in [0.05, 0.1) is 18.8 Å². The number of nitrogens with zero attached hydrogens (tertiary/aromatic N) is 2. The molecule has 8 nitrogen and oxygen atoms in total. The first-order chi connectivity index (χ1) is 17.6. The Morgan fingerprint density at radius 3 is 2.56 bits per heavy atom. The normalized spacial score (nSPS) is 19.1. The highest BCUT2D eigenvalue weighted by atomic mass is 19.1. The first kappa shape index (κ1) is 24.7. The van der Waals surface area contributed by atoms with Crippen molar-refractivity contribution in [1.29, 1.82) is 0 Å². The Kier molecular flexibility index (Phi) is 7.55. The van der Waals surface area contributed by atoms with Crippen LogP contribution in [-0.4, -0.2) is 41.4 Å². The van der Waals surface area contributed by atoms with Crippen molar-refractivity contribution >= 4 is 16.9 Å². The van der Waals surface area contributed by atoms with Crippen LogP contribution in [0.1, 0.15) is 97.2 Å². The van der Waals surface area contributed by atoms with Crippen LogP contribution in [0.4, 0.5) is 4.39 Å². The third-order valence-electron chi connectivity index (χ3n) is 7.79. The van der Waals surface area contributed by atoms with E-state index in [-0.39, 0.29) is 29.1 Å². The van der Waals surface area contributed by atoms with E-state index in [1.165, 1.54) is 25.5 Å². The summed E-state index contributed by atoms with van der Waals surface area (Å²) in [5, 5.41) is 7.02. The van der Waals surface area contributed by atoms with E-state index in [1.54, 1.807) is 20.1 Å². The van der Waals surface area contributed by atoms with Crippen molar-refractivity contribution in [3.8, 4) is 5.75 Å². The molecule has 1 amide bonds. The molecule has 0 spiro atoms. The van der Waals surface area contributed by atoms with Gasteiger partial charge in [0.2, 0.25) is 0 Å². The maximum Gasteiger partial charge on any atom is 0.257 e. The van der Waals surface area contributed by atoms with Crippen molar-refractivity contribution < 1.29 is 23.2 Å². The van der Waals surface area contributed by atoms with Gasteiger partial charge in [-0.05, 0) is 56.1 Å². The Labute approximate surface area is 210 Å². The predicted molar refractivity (Wildman–Crippen MR) is 133 cm³/mol. The SMILES string of the molecule is COc1cc(C2CCOCC2)c(F)c2nc(C(NC(=O)c3conc3C)C3CCCCCCC3)[nH]c12. The fourth-order valence-electron chi connectivity index (χ4n) is 5.72. The molecule has 1 aliphatic heterocycles. The van der Waals surface area contributed by atoms with Crippen LogP contribution in [0.2, 0.25) is 0 Å². The van der Waals surface area contributed by atoms with E-state index < -0.39 is 6.04 Å². The van der Waals surface area contributed by atoms with Gasteiger partial charge in [0, 0.05) is 13.2 Å². The number of hydrogen-bond donors (Lipinski definition) is 2. The summed E-state index contributed by atoms with van der Waals surface area (Å²) >= 11 is 0. The maximum atomic E-state index is 15.9. The highest BCUT2D eigenvalue weighted by Crippen LogP contribution is 2.39. The van der Waals surface area contributed by atoms with E-state index in [0.717, 1.165) is 38.5 Å². The Hall–Kier alpha value is -2.94. The van der Waals surface area contributed by atoms with Gasteiger partial charge in [0.25, 0.3) is 5.91 Å². The largest absolute Gasteiger partial charge is 0.494 e. The molecule has 5 rings (SSSR count). The standard InChI is InChI=1S/C27H35FN4O4/c1-16-20(15-36-32-16)27(33)31-23(18-8-6-4-3-5-7-9-18)26-29-24-21(34-2)14-19(22(28)25(24)30-26)17-10-12-35-13-11-17/h14-15,17-18,23H,3-13H2,1-2H3,(H,29,30)(H,31,33). The minimum atomic E-state index is -0.395. The Morgan fingerprint density at radius 1 is 1.17 bits per heavy atom. The van der Waals surface area contributed by atoms with Crippen molar-refractivity contribution in [2.75, 3.05) is 20.3 Å². The highest BCUT2D eigenvalue weighted by molar-refractivity contribution is 5.95. The van der Waals surface area contributed by atoms with Gasteiger partial charge < -0.3 is 24.3 Å². The molecular weight excluding hydrogens is 463 g/mol. The van der Waals surface area contributed by atoms with Crippen molar-refractivity contribution in [1.82, 2.24) is 20.4 Å². The average Bonchev–Trinajstić information content (AvgIpc) is 3.51. The van der Waals surface area contributed by atoms with Crippen LogP contribution in [-0.2, 0) is 4.74 Å². The second kappa shape index (κ2) is 11.0. The van der Waals surface area contributed by atoms with Gasteiger partial charge in [0.15, 0.2) is 5.82 Å². The summed E-state index contributed by atoms with van der Waals surface area (Å²) in [7, 11) is 1.59. The van der Waals surface area contributed by atoms with Crippen LogP contribution in [0.3, 0.4) is 0 Å². The number of ether oxygens (including phenoxy) is 2. The summed E-state index contributed by atoms with van der Waals surface area (Å²) in [5.41, 5.74) is 2.33. The van der Waals surface area contributed by atoms with E-state index in [2.05, 4.69) is 15.5 Å². The number of aromatic amines is 1. The van der Waals surface area contributed by atoms with Crippen molar-refractivity contribution in [3.63, 3.8) is 0 Å². The number of aromatic nitrogens is 3. The molecule has 2 fully saturated rings. The number of rotatable bonds is 6. The first-order valence-electron chi connectivity index (χ1n) is 13.1. The van der Waals surface area contributed by atoms with Crippen LogP contribution in [0, 0.1) is 18.7 Å². The number of H-pyrrole nitrogens is 1. The van der Waals surface area contributed by atoms with Gasteiger partial charge in [-0.2, -0.15) is 0 Å². The van der Waals surface area contributed by atoms with E-state index >= 15 is 4.39 Å². The van der Waals surface area contributed by atoms with Crippen LogP contribution in [0.25, 0.3) is 11.0 Å². The van der Waals surface area contributed by atoms with Gasteiger partial charge >= 0.3 is 0 Å². The smallest absolute Gasteiger partial charge is 0.257 e. The number of fused-ring (bicyclic) bond motifs is 1. The van der Waals surface area contributed by atoms with E-state index in [9.17, 15) is 4.79 Å². The molecule has 194 valence electrons. The molecule has 2 aliphatic rings. The summed E-state index contributed by atoms with van der Waals surface area (Å²) < 4.78 is 32.0. The molecular formula is C27H35FN4O4. The third kappa shape index (κ3) is 4.98. The minimum Gasteiger partial charge on any atom is -0.494 e. The fourth-order valence-corrected chi connectivity index (χ4v) is 5.72. The van der Waals surface area contributed by atoms with Crippen molar-refractivity contribution in [2.45, 2.75) is 76.7 Å². The lowest BCUT2D eigenvalue weighted by molar-refractivity contribution is 0.0846. The van der Waals surface area contributed by atoms with Crippen molar-refractivity contribution in [3.05, 3.63) is 40.8 Å². The van der Waals surface area contributed by atoms with Crippen LogP contribution >= 0.6 is 0 Å². The molecule has 1 aliphatic carbocycles. The molecule has 2 aromatic heterocycles. The number of carbonyl (C=O) groups is 1. The topological polar surface area (TPSA) is 102 Å². The second-order valence-electron chi connectivity index (χ2n) is 10.1. The van der Waals surface area contributed by atoms with E-state index in [0.29, 0.717) is 47.1 Å². The maximum absolute atomic E-state index is 15.9. The van der Waals surface area contributed by atoms with Crippen molar-refractivity contribution in [2.24, 2.45) is 5.92 Å². The predicted octanol–water partition coefficient (Wildman–Crippen LogP) is 5.73. The van der Waals surface area contributed by atoms with Gasteiger partial charge in [-0.3, -0.25) is 4.79 Å². The molecule has 3 aromatic rings. The zero-order chi connectivity index (χ0) is 25.1. The zero-order valence-corrected chi connectivity index (χ0v) is 21.1. The van der Waals surface area contributed by atoms with E-state index in [4.69, 9.17) is 19.0 Å². The molecule has 1 aromatic carbocycles. The van der Waals surface area contributed by atoms with Gasteiger partial charge in [-0.25, -0.2) is 9.37 Å². The molecule has 1 atom stereocenters. The molecule has 3 heterocycles. The molecule has 1 saturated carbocycles. The number of carbonyl (C=O) groups excluding carboxylic acids is 1. The summed E-state index contributed by atoms with van der Waals surface area (Å²) in [6, 6.07) is 1.40. The fraction of sp³-hybridized carbons (Fsp3) is 0.593. The van der Waals surface area contributed by atoms with Gasteiger partial charge in [-0.15, -0.1) is 0 Å². The minimum absolute atomic E-state index is 0.0647. The van der Waals surface area contributed by atoms with Crippen LogP contribution in [0.15, 0.2) is 16.9 Å². The molecule has 36 heavy (non-hydrogen) atoms. The summed E-state index contributed by atoms with van der Waals surface area (Å²) in [6.07, 6.45) is 10.6. The molecule has 9 heteroatoms. The lowest BCUT2D eigenvalue weighted by Gasteiger charge is -2.28. The van der Waals surface area contributed by atoms with Gasteiger partial charge in [0.1, 0.15) is 34.4 Å².